The number of aliphatic hydroxyl groups excluding tert-OH is 1. The Bertz CT molecular complexity index is 648. The van der Waals surface area contributed by atoms with E-state index in [-0.39, 0.29) is 11.9 Å². The van der Waals surface area contributed by atoms with Crippen molar-refractivity contribution in [3.05, 3.63) is 58.3 Å². The van der Waals surface area contributed by atoms with Gasteiger partial charge in [0.2, 0.25) is 5.91 Å². The van der Waals surface area contributed by atoms with E-state index in [9.17, 15) is 9.90 Å². The Balaban J connectivity index is 1.70. The van der Waals surface area contributed by atoms with Crippen molar-refractivity contribution in [1.29, 1.82) is 0 Å². The molecule has 1 saturated heterocycles. The number of carbonyl (C=O) groups is 1. The molecule has 6 heteroatoms. The summed E-state index contributed by atoms with van der Waals surface area (Å²) in [6.07, 6.45) is -0.145. The van der Waals surface area contributed by atoms with Crippen molar-refractivity contribution < 1.29 is 14.6 Å². The number of morpholine rings is 1. The van der Waals surface area contributed by atoms with Crippen LogP contribution in [-0.2, 0) is 9.53 Å². The molecule has 128 valence electrons. The Labute approximate surface area is 145 Å². The fraction of sp³-hybridized carbons (Fsp3) is 0.389. The normalized spacial score (nSPS) is 20.6. The molecule has 3 rings (SSSR count). The van der Waals surface area contributed by atoms with Crippen molar-refractivity contribution in [2.24, 2.45) is 5.73 Å². The van der Waals surface area contributed by atoms with Gasteiger partial charge in [-0.1, -0.05) is 36.4 Å². The van der Waals surface area contributed by atoms with Gasteiger partial charge in [-0.2, -0.15) is 0 Å². The van der Waals surface area contributed by atoms with Gasteiger partial charge in [0, 0.05) is 17.8 Å². The van der Waals surface area contributed by atoms with Gasteiger partial charge in [0.15, 0.2) is 0 Å². The SMILES string of the molecule is NC(C(=O)N1CCOCC1CC(O)c1cccs1)c1ccccc1. The lowest BCUT2D eigenvalue weighted by atomic mass is 10.0. The van der Waals surface area contributed by atoms with Gasteiger partial charge in [0.05, 0.1) is 25.4 Å². The zero-order valence-electron chi connectivity index (χ0n) is 13.4. The first kappa shape index (κ1) is 17.1. The Hall–Kier alpha value is -1.73. The van der Waals surface area contributed by atoms with E-state index >= 15 is 0 Å². The fourth-order valence-electron chi connectivity index (χ4n) is 2.98. The maximum absolute atomic E-state index is 12.8. The second-order valence-corrected chi connectivity index (χ2v) is 6.89. The Morgan fingerprint density at radius 3 is 2.83 bits per heavy atom. The van der Waals surface area contributed by atoms with Gasteiger partial charge in [-0.05, 0) is 17.0 Å². The van der Waals surface area contributed by atoms with Crippen LogP contribution in [0.2, 0.25) is 0 Å². The number of benzene rings is 1. The molecule has 3 unspecified atom stereocenters. The Morgan fingerprint density at radius 1 is 1.33 bits per heavy atom. The number of aliphatic hydroxyl groups is 1. The predicted octanol–water partition coefficient (Wildman–Crippen LogP) is 2.10. The van der Waals surface area contributed by atoms with E-state index in [0.717, 1.165) is 10.4 Å². The molecule has 5 nitrogen and oxygen atoms in total. The summed E-state index contributed by atoms with van der Waals surface area (Å²) in [6, 6.07) is 12.3. The first-order valence-electron chi connectivity index (χ1n) is 8.07. The van der Waals surface area contributed by atoms with Crippen molar-refractivity contribution >= 4 is 17.2 Å². The molecule has 0 radical (unpaired) electrons. The molecule has 2 aromatic rings. The van der Waals surface area contributed by atoms with E-state index < -0.39 is 12.1 Å². The van der Waals surface area contributed by atoms with Gasteiger partial charge in [0.1, 0.15) is 6.04 Å². The molecule has 24 heavy (non-hydrogen) atoms. The summed E-state index contributed by atoms with van der Waals surface area (Å²) in [5.41, 5.74) is 6.96. The summed E-state index contributed by atoms with van der Waals surface area (Å²) >= 11 is 1.51. The topological polar surface area (TPSA) is 75.8 Å². The van der Waals surface area contributed by atoms with Gasteiger partial charge < -0.3 is 20.5 Å². The summed E-state index contributed by atoms with van der Waals surface area (Å²) in [5.74, 6) is -0.118. The van der Waals surface area contributed by atoms with Crippen LogP contribution in [-0.4, -0.2) is 41.7 Å². The molecular weight excluding hydrogens is 324 g/mol. The van der Waals surface area contributed by atoms with Crippen LogP contribution < -0.4 is 5.73 Å². The second kappa shape index (κ2) is 7.90. The minimum Gasteiger partial charge on any atom is -0.387 e. The van der Waals surface area contributed by atoms with Crippen LogP contribution in [0.5, 0.6) is 0 Å². The molecule has 1 aliphatic heterocycles. The van der Waals surface area contributed by atoms with Crippen LogP contribution in [0.25, 0.3) is 0 Å². The molecule has 1 amide bonds. The van der Waals surface area contributed by atoms with Crippen LogP contribution in [0.4, 0.5) is 0 Å². The van der Waals surface area contributed by atoms with E-state index in [1.54, 1.807) is 4.90 Å². The highest BCUT2D eigenvalue weighted by atomic mass is 32.1. The third-order valence-corrected chi connectivity index (χ3v) is 5.28. The summed E-state index contributed by atoms with van der Waals surface area (Å²) in [6.45, 7) is 1.43. The van der Waals surface area contributed by atoms with Crippen LogP contribution in [0, 0.1) is 0 Å². The number of amides is 1. The van der Waals surface area contributed by atoms with Crippen molar-refractivity contribution in [2.75, 3.05) is 19.8 Å². The maximum Gasteiger partial charge on any atom is 0.244 e. The molecule has 0 saturated carbocycles. The monoisotopic (exact) mass is 346 g/mol. The van der Waals surface area contributed by atoms with Crippen molar-refractivity contribution in [1.82, 2.24) is 4.90 Å². The van der Waals surface area contributed by atoms with Gasteiger partial charge in [0.25, 0.3) is 0 Å². The fourth-order valence-corrected chi connectivity index (χ4v) is 3.70. The highest BCUT2D eigenvalue weighted by molar-refractivity contribution is 7.10. The molecule has 3 N–H and O–H groups in total. The molecule has 3 atom stereocenters. The van der Waals surface area contributed by atoms with Crippen LogP contribution in [0.3, 0.4) is 0 Å². The molecule has 0 spiro atoms. The molecule has 1 fully saturated rings. The van der Waals surface area contributed by atoms with E-state index in [2.05, 4.69) is 0 Å². The molecule has 0 aliphatic carbocycles. The third-order valence-electron chi connectivity index (χ3n) is 4.30. The average Bonchev–Trinajstić information content (AvgIpc) is 3.16. The number of nitrogens with two attached hydrogens (primary N) is 1. The predicted molar refractivity (Wildman–Crippen MR) is 93.6 cm³/mol. The summed E-state index contributed by atoms with van der Waals surface area (Å²) in [5, 5.41) is 12.3. The highest BCUT2D eigenvalue weighted by Gasteiger charge is 2.32. The first-order chi connectivity index (χ1) is 11.7. The van der Waals surface area contributed by atoms with E-state index in [1.165, 1.54) is 11.3 Å². The Kier molecular flexibility index (Phi) is 5.63. The highest BCUT2D eigenvalue weighted by Crippen LogP contribution is 2.27. The van der Waals surface area contributed by atoms with E-state index in [1.807, 2.05) is 47.8 Å². The van der Waals surface area contributed by atoms with Crippen molar-refractivity contribution in [3.8, 4) is 0 Å². The van der Waals surface area contributed by atoms with Crippen molar-refractivity contribution in [3.63, 3.8) is 0 Å². The second-order valence-electron chi connectivity index (χ2n) is 5.92. The molecule has 1 aromatic carbocycles. The number of thiophene rings is 1. The number of ether oxygens (including phenoxy) is 1. The van der Waals surface area contributed by atoms with E-state index in [0.29, 0.717) is 26.2 Å². The van der Waals surface area contributed by atoms with Gasteiger partial charge in [-0.15, -0.1) is 11.3 Å². The smallest absolute Gasteiger partial charge is 0.244 e. The zero-order valence-corrected chi connectivity index (χ0v) is 14.2. The minimum atomic E-state index is -0.689. The van der Waals surface area contributed by atoms with Gasteiger partial charge in [-0.3, -0.25) is 4.79 Å². The molecule has 2 heterocycles. The zero-order chi connectivity index (χ0) is 16.9. The number of nitrogens with zero attached hydrogens (tertiary/aromatic N) is 1. The van der Waals surface area contributed by atoms with Crippen LogP contribution in [0.1, 0.15) is 29.0 Å². The number of hydrogen-bond acceptors (Lipinski definition) is 5. The minimum absolute atomic E-state index is 0.118. The maximum atomic E-state index is 12.8. The third kappa shape index (κ3) is 3.84. The number of hydrogen-bond donors (Lipinski definition) is 2. The molecule has 1 aromatic heterocycles. The summed E-state index contributed by atoms with van der Waals surface area (Å²) < 4.78 is 5.52. The quantitative estimate of drug-likeness (QED) is 0.869. The van der Waals surface area contributed by atoms with E-state index in [4.69, 9.17) is 10.5 Å². The lowest BCUT2D eigenvalue weighted by Crippen LogP contribution is -2.52. The average molecular weight is 346 g/mol. The van der Waals surface area contributed by atoms with Crippen molar-refractivity contribution in [2.45, 2.75) is 24.6 Å². The molecular formula is C18H22N2O3S. The molecule has 0 bridgehead atoms. The van der Waals surface area contributed by atoms with Crippen LogP contribution >= 0.6 is 11.3 Å². The van der Waals surface area contributed by atoms with Gasteiger partial charge in [-0.25, -0.2) is 0 Å². The summed E-state index contributed by atoms with van der Waals surface area (Å²) in [7, 11) is 0. The molecule has 1 aliphatic rings. The Morgan fingerprint density at radius 2 is 2.12 bits per heavy atom. The first-order valence-corrected chi connectivity index (χ1v) is 8.95. The lowest BCUT2D eigenvalue weighted by Gasteiger charge is -2.38. The standard InChI is InChI=1S/C18H22N2O3S/c19-17(13-5-2-1-3-6-13)18(22)20-8-9-23-12-14(20)11-15(21)16-7-4-10-24-16/h1-7,10,14-15,17,21H,8-9,11-12,19H2. The number of carbonyl (C=O) groups excluding carboxylic acids is 1. The largest absolute Gasteiger partial charge is 0.387 e. The summed E-state index contributed by atoms with van der Waals surface area (Å²) in [4.78, 5) is 15.5. The number of rotatable bonds is 5. The van der Waals surface area contributed by atoms with Crippen LogP contribution in [0.15, 0.2) is 47.8 Å². The van der Waals surface area contributed by atoms with Gasteiger partial charge >= 0.3 is 0 Å². The lowest BCUT2D eigenvalue weighted by molar-refractivity contribution is -0.142.